The van der Waals surface area contributed by atoms with Crippen LogP contribution in [0.15, 0.2) is 59.5 Å². The van der Waals surface area contributed by atoms with E-state index < -0.39 is 10.0 Å². The number of fused-ring (bicyclic) bond motifs is 4. The van der Waals surface area contributed by atoms with Crippen LogP contribution in [0.25, 0.3) is 44.8 Å². The number of likely N-dealkylation sites (tertiary alicyclic amines) is 1. The van der Waals surface area contributed by atoms with Gasteiger partial charge < -0.3 is 24.5 Å². The first kappa shape index (κ1) is 29.2. The summed E-state index contributed by atoms with van der Waals surface area (Å²) in [5.74, 6) is 2.29. The summed E-state index contributed by atoms with van der Waals surface area (Å²) < 4.78 is 36.9. The minimum atomic E-state index is -3.53. The van der Waals surface area contributed by atoms with E-state index in [1.807, 2.05) is 34.7 Å². The highest BCUT2D eigenvalue weighted by atomic mass is 32.2. The quantitative estimate of drug-likeness (QED) is 0.256. The Balaban J connectivity index is 0.00000351. The summed E-state index contributed by atoms with van der Waals surface area (Å²) in [5, 5.41) is 0.990. The third-order valence-electron chi connectivity index (χ3n) is 10.2. The second-order valence-corrected chi connectivity index (χ2v) is 14.8. The lowest BCUT2D eigenvalue weighted by atomic mass is 10.1. The number of hydrogen-bond donors (Lipinski definition) is 2. The molecule has 2 saturated carbocycles. The van der Waals surface area contributed by atoms with Crippen LogP contribution < -0.4 is 15.2 Å². The summed E-state index contributed by atoms with van der Waals surface area (Å²) in [6.45, 7) is 1.52. The molecular formula is C34H39N7O4S. The highest BCUT2D eigenvalue weighted by Gasteiger charge is 2.47. The molecule has 0 radical (unpaired) electrons. The second kappa shape index (κ2) is 10.6. The summed E-state index contributed by atoms with van der Waals surface area (Å²) in [5.41, 5.74) is 11.9. The molecule has 4 heterocycles. The number of imidazole rings is 1. The Morgan fingerprint density at radius 2 is 1.85 bits per heavy atom. The SMILES string of the molecule is CNS(=O)(=O)c1ccc(-c2ccc3cc(-c4nc5cc(C(=O)N6CC7CCC6[C@@H]7N)cc(OC)c5n4C)n(CC4CC4)c3n2)cc1.[HH]. The zero-order valence-electron chi connectivity index (χ0n) is 26.1. The molecule has 0 spiro atoms. The normalized spacial score (nSPS) is 21.1. The van der Waals surface area contributed by atoms with E-state index in [4.69, 9.17) is 20.4 Å². The number of carbonyl (C=O) groups excluding carboxylic acids is 1. The maximum atomic E-state index is 13.7. The van der Waals surface area contributed by atoms with Crippen molar-refractivity contribution in [1.82, 2.24) is 28.7 Å². The van der Waals surface area contributed by atoms with Crippen molar-refractivity contribution >= 4 is 38.0 Å². The molecule has 1 amide bonds. The van der Waals surface area contributed by atoms with Gasteiger partial charge in [0.2, 0.25) is 10.0 Å². The lowest BCUT2D eigenvalue weighted by Gasteiger charge is -2.27. The smallest absolute Gasteiger partial charge is 0.254 e. The summed E-state index contributed by atoms with van der Waals surface area (Å²) >= 11 is 0. The van der Waals surface area contributed by atoms with Crippen LogP contribution >= 0.6 is 0 Å². The van der Waals surface area contributed by atoms with E-state index >= 15 is 0 Å². The molecule has 11 nitrogen and oxygen atoms in total. The molecular weight excluding hydrogens is 602 g/mol. The van der Waals surface area contributed by atoms with Crippen LogP contribution in [0.1, 0.15) is 37.5 Å². The fraction of sp³-hybridized carbons (Fsp3) is 0.382. The number of nitrogens with zero attached hydrogens (tertiary/aromatic N) is 5. The van der Waals surface area contributed by atoms with E-state index in [9.17, 15) is 13.2 Å². The highest BCUT2D eigenvalue weighted by molar-refractivity contribution is 7.89. The maximum absolute atomic E-state index is 13.7. The Bertz CT molecular complexity index is 2140. The number of sulfonamides is 1. The van der Waals surface area contributed by atoms with E-state index in [-0.39, 0.29) is 24.3 Å². The van der Waals surface area contributed by atoms with Gasteiger partial charge in [-0.05, 0) is 87.0 Å². The number of aromatic nitrogens is 4. The van der Waals surface area contributed by atoms with E-state index in [0.717, 1.165) is 58.7 Å². The number of benzene rings is 2. The van der Waals surface area contributed by atoms with Gasteiger partial charge in [0, 0.05) is 50.2 Å². The molecule has 2 bridgehead atoms. The number of aryl methyl sites for hydroxylation is 1. The Hall–Kier alpha value is -4.26. The number of rotatable bonds is 8. The standard InChI is InChI=1S/C34H37N7O4S.H2/c1-36-46(43,44)24-10-6-20(7-11-24)25-12-8-21-15-28(40(32(21)37-25)17-19-4-5-19)33-38-26-14-23(16-29(45-3)31(26)39(33)2)34(42)41-18-22-9-13-27(41)30(22)35;/h6-8,10-12,14-16,19,22,27,30,36H,4-5,9,13,17-18,35H2,1-3H3;1H/t22?,27?,30-;/m1./s1. The molecule has 2 aliphatic carbocycles. The number of amides is 1. The van der Waals surface area contributed by atoms with Gasteiger partial charge in [0.1, 0.15) is 16.9 Å². The number of nitrogens with two attached hydrogens (primary N) is 1. The number of ether oxygens (including phenoxy) is 1. The average molecular weight is 642 g/mol. The molecule has 3 aromatic heterocycles. The number of nitrogens with one attached hydrogen (secondary N) is 1. The van der Waals surface area contributed by atoms with Crippen molar-refractivity contribution in [3.05, 3.63) is 60.2 Å². The molecule has 12 heteroatoms. The molecule has 2 unspecified atom stereocenters. The topological polar surface area (TPSA) is 137 Å². The summed E-state index contributed by atoms with van der Waals surface area (Å²) in [4.78, 5) is 26.1. The van der Waals surface area contributed by atoms with Gasteiger partial charge in [0.15, 0.2) is 5.82 Å². The molecule has 3 aliphatic rings. The molecule has 1 aliphatic heterocycles. The van der Waals surface area contributed by atoms with E-state index in [1.54, 1.807) is 31.4 Å². The van der Waals surface area contributed by atoms with Crippen LogP contribution in [0.3, 0.4) is 0 Å². The lowest BCUT2D eigenvalue weighted by molar-refractivity contribution is 0.0700. The Morgan fingerprint density at radius 3 is 2.50 bits per heavy atom. The number of carbonyl (C=O) groups is 1. The highest BCUT2D eigenvalue weighted by Crippen LogP contribution is 2.40. The van der Waals surface area contributed by atoms with Crippen LogP contribution in [0.2, 0.25) is 0 Å². The molecule has 1 saturated heterocycles. The first-order valence-corrected chi connectivity index (χ1v) is 17.3. The van der Waals surface area contributed by atoms with Gasteiger partial charge >= 0.3 is 0 Å². The number of hydrogen-bond acceptors (Lipinski definition) is 7. The first-order valence-electron chi connectivity index (χ1n) is 15.8. The zero-order valence-corrected chi connectivity index (χ0v) is 26.9. The molecule has 3 fully saturated rings. The lowest BCUT2D eigenvalue weighted by Crippen LogP contribution is -2.41. The van der Waals surface area contributed by atoms with Crippen molar-refractivity contribution in [2.45, 2.75) is 49.2 Å². The maximum Gasteiger partial charge on any atom is 0.254 e. The Morgan fingerprint density at radius 1 is 1.07 bits per heavy atom. The van der Waals surface area contributed by atoms with E-state index in [0.29, 0.717) is 35.2 Å². The number of piperidine rings is 1. The second-order valence-electron chi connectivity index (χ2n) is 12.9. The molecule has 8 rings (SSSR count). The van der Waals surface area contributed by atoms with Crippen molar-refractivity contribution in [2.75, 3.05) is 20.7 Å². The predicted octanol–water partition coefficient (Wildman–Crippen LogP) is 4.39. The molecule has 46 heavy (non-hydrogen) atoms. The van der Waals surface area contributed by atoms with Crippen molar-refractivity contribution in [1.29, 1.82) is 0 Å². The van der Waals surface area contributed by atoms with Crippen molar-refractivity contribution < 1.29 is 19.4 Å². The average Bonchev–Trinajstić information content (AvgIpc) is 3.47. The van der Waals surface area contributed by atoms with Gasteiger partial charge in [-0.25, -0.2) is 23.1 Å². The third-order valence-corrected chi connectivity index (χ3v) is 11.6. The van der Waals surface area contributed by atoms with Crippen LogP contribution in [0.4, 0.5) is 0 Å². The predicted molar refractivity (Wildman–Crippen MR) is 178 cm³/mol. The molecule has 5 aromatic rings. The van der Waals surface area contributed by atoms with Crippen molar-refractivity contribution in [2.24, 2.45) is 24.6 Å². The minimum Gasteiger partial charge on any atom is -0.494 e. The summed E-state index contributed by atoms with van der Waals surface area (Å²) in [7, 11) is 1.47. The van der Waals surface area contributed by atoms with Crippen LogP contribution in [0, 0.1) is 11.8 Å². The van der Waals surface area contributed by atoms with Crippen molar-refractivity contribution in [3.8, 4) is 28.5 Å². The Labute approximate surface area is 268 Å². The van der Waals surface area contributed by atoms with Crippen LogP contribution in [-0.2, 0) is 23.6 Å². The summed E-state index contributed by atoms with van der Waals surface area (Å²) in [6, 6.07) is 16.7. The van der Waals surface area contributed by atoms with Gasteiger partial charge in [-0.15, -0.1) is 0 Å². The van der Waals surface area contributed by atoms with Gasteiger partial charge in [0.05, 0.1) is 28.9 Å². The van der Waals surface area contributed by atoms with Crippen LogP contribution in [0.5, 0.6) is 5.75 Å². The fourth-order valence-electron chi connectivity index (χ4n) is 7.41. The molecule has 3 N–H and O–H groups in total. The molecule has 240 valence electrons. The number of pyridine rings is 1. The van der Waals surface area contributed by atoms with Crippen molar-refractivity contribution in [3.63, 3.8) is 0 Å². The first-order chi connectivity index (χ1) is 22.2. The van der Waals surface area contributed by atoms with E-state index in [1.165, 1.54) is 19.9 Å². The van der Waals surface area contributed by atoms with Gasteiger partial charge in [-0.3, -0.25) is 4.79 Å². The minimum absolute atomic E-state index is 0. The van der Waals surface area contributed by atoms with Gasteiger partial charge in [-0.1, -0.05) is 12.1 Å². The Kier molecular flexibility index (Phi) is 6.75. The van der Waals surface area contributed by atoms with Crippen LogP contribution in [-0.4, -0.2) is 71.1 Å². The van der Waals surface area contributed by atoms with E-state index in [2.05, 4.69) is 21.4 Å². The molecule has 3 atom stereocenters. The third kappa shape index (κ3) is 4.61. The fourth-order valence-corrected chi connectivity index (χ4v) is 8.14. The zero-order chi connectivity index (χ0) is 31.9. The van der Waals surface area contributed by atoms with Gasteiger partial charge in [-0.2, -0.15) is 0 Å². The summed E-state index contributed by atoms with van der Waals surface area (Å²) in [6.07, 6.45) is 4.38. The van der Waals surface area contributed by atoms with Gasteiger partial charge in [0.25, 0.3) is 5.91 Å². The monoisotopic (exact) mass is 641 g/mol. The number of methoxy groups -OCH3 is 1. The largest absolute Gasteiger partial charge is 0.494 e. The molecule has 2 aromatic carbocycles.